The zero-order chi connectivity index (χ0) is 80.7. The maximum Gasteiger partial charge on any atom is 0.355 e. The van der Waals surface area contributed by atoms with E-state index >= 15 is 4.39 Å². The Labute approximate surface area is 642 Å². The second-order valence-corrected chi connectivity index (χ2v) is 29.2. The molecule has 0 saturated carbocycles. The quantitative estimate of drug-likeness (QED) is 0.0155. The number of benzene rings is 4. The molecule has 3 aliphatic heterocycles. The van der Waals surface area contributed by atoms with E-state index in [4.69, 9.17) is 28.7 Å². The van der Waals surface area contributed by atoms with E-state index in [1.165, 1.54) is 90.4 Å². The van der Waals surface area contributed by atoms with Crippen LogP contribution in [0.4, 0.5) is 41.5 Å². The number of anilines is 4. The van der Waals surface area contributed by atoms with E-state index in [1.54, 1.807) is 33.8 Å². The SMILES string of the molecule is CCCNC(=O)Nc1cccc(S(=O)(=O)Nc2cccc([C@H](CC(=O)O)NC(=O)Nc3ccc(NC(=O)NCCOCCOCCOCCC(=O)N[C@@H](CC(=O)O)C(=O)N4CCC[C@H]4C(=O)N[C@H](C(=O)O[C@]4(CC)C(=O)OCc5c4cc4n(c5=O)Cc5c-4nc4cc(F)c(C)c6c4c5[C@@H](NC(C)=O)CC6)C(C)C)cc3)c2)c1. The monoisotopic (exact) mass is 1570 g/mol. The first-order valence-electron chi connectivity index (χ1n) is 36.7. The normalized spacial score (nSPS) is 16.8. The number of cyclic esters (lactones) is 1. The number of aliphatic carboxylic acids is 2. The number of carbonyl (C=O) groups is 11. The molecule has 12 N–H and O–H groups in total. The fraction of sp³-hybridized carbons (Fsp3) is 0.434. The number of amides is 10. The Morgan fingerprint density at radius 3 is 2.05 bits per heavy atom. The minimum Gasteiger partial charge on any atom is -0.481 e. The number of carboxylic acid groups (broad SMARTS) is 2. The van der Waals surface area contributed by atoms with Crippen LogP contribution in [-0.4, -0.2) is 176 Å². The van der Waals surface area contributed by atoms with Gasteiger partial charge in [-0.15, -0.1) is 0 Å². The summed E-state index contributed by atoms with van der Waals surface area (Å²) in [6.07, 6.45) is 0.115. The molecule has 10 amide bonds. The molecule has 36 heteroatoms. The van der Waals surface area contributed by atoms with Gasteiger partial charge in [-0.05, 0) is 134 Å². The Morgan fingerprint density at radius 1 is 0.732 bits per heavy atom. The summed E-state index contributed by atoms with van der Waals surface area (Å²) in [5, 5.41) is 44.1. The van der Waals surface area contributed by atoms with Crippen LogP contribution in [0, 0.1) is 18.7 Å². The standard InChI is InChI=1S/C76H90FN13O21S/c1-7-24-78-73(102)83-47-13-10-15-49(34-47)112(105,106)88-48-14-9-12-44(33-48)56(37-62(93)94)86-75(104)82-46-19-17-45(18-20-46)81-74(103)79-25-28-108-30-32-109-31-29-107-27-23-61(92)84-58(38-63(95)96)70(99)89-26-11-16-59(89)68(97)87-66(41(3)4)71(100)111-76(8-2)53-35-60-67-51(39-90(60)69(98)52(53)40-110-72(76)101)65-55(80-43(6)91)22-21-50-42(5)54(77)36-57(85-67)64(50)65/h9-10,12-15,17-20,33-36,41,55-56,58-59,66,88H,7-8,11,16,21-32,37-40H2,1-6H3,(H,80,91)(H,84,92)(H,87,97)(H,93,94)(H,95,96)(H2,78,83,102)(H2,79,81,103)(H2,82,86,104)/t55-,56-,58-,59-,66-,76-/m0/s1. The van der Waals surface area contributed by atoms with E-state index in [0.29, 0.717) is 71.2 Å². The van der Waals surface area contributed by atoms with Crippen LogP contribution in [0.3, 0.4) is 0 Å². The summed E-state index contributed by atoms with van der Waals surface area (Å²) in [6.45, 7) is 10.2. The highest BCUT2D eigenvalue weighted by Gasteiger charge is 2.52. The first-order chi connectivity index (χ1) is 53.5. The third kappa shape index (κ3) is 19.9. The summed E-state index contributed by atoms with van der Waals surface area (Å²) in [6, 6.07) is 12.6. The van der Waals surface area contributed by atoms with Gasteiger partial charge in [-0.3, -0.25) is 38.3 Å². The van der Waals surface area contributed by atoms with Crippen molar-refractivity contribution >= 4 is 109 Å². The maximum atomic E-state index is 15.5. The number of aryl methyl sites for hydroxylation is 1. The molecule has 112 heavy (non-hydrogen) atoms. The molecule has 0 bridgehead atoms. The van der Waals surface area contributed by atoms with Crippen molar-refractivity contribution in [1.29, 1.82) is 0 Å². The Hall–Kier alpha value is -11.6. The van der Waals surface area contributed by atoms with Gasteiger partial charge in [0.2, 0.25) is 29.2 Å². The van der Waals surface area contributed by atoms with Crippen molar-refractivity contribution in [3.63, 3.8) is 0 Å². The number of carboxylic acids is 2. The van der Waals surface area contributed by atoms with E-state index in [-0.39, 0.29) is 129 Å². The topological polar surface area (TPSA) is 467 Å². The highest BCUT2D eigenvalue weighted by Crippen LogP contribution is 2.47. The number of halogens is 1. The summed E-state index contributed by atoms with van der Waals surface area (Å²) < 4.78 is 74.5. The molecule has 34 nitrogen and oxygen atoms in total. The number of hydrogen-bond donors (Lipinski definition) is 12. The van der Waals surface area contributed by atoms with Crippen LogP contribution >= 0.6 is 0 Å². The van der Waals surface area contributed by atoms with Crippen LogP contribution in [0.1, 0.15) is 137 Å². The molecule has 6 aromatic rings. The summed E-state index contributed by atoms with van der Waals surface area (Å²) >= 11 is 0. The van der Waals surface area contributed by atoms with Crippen molar-refractivity contribution < 1.29 is 99.4 Å². The van der Waals surface area contributed by atoms with E-state index < -0.39 is 142 Å². The average molecular weight is 1570 g/mol. The first kappa shape index (κ1) is 82.9. The van der Waals surface area contributed by atoms with E-state index in [0.717, 1.165) is 10.5 Å². The number of hydrogen-bond acceptors (Lipinski definition) is 20. The minimum atomic E-state index is -4.20. The molecular formula is C76H90FN13O21S. The second kappa shape index (κ2) is 36.9. The maximum absolute atomic E-state index is 15.5. The van der Waals surface area contributed by atoms with Gasteiger partial charge in [0.25, 0.3) is 15.6 Å². The molecule has 4 aliphatic rings. The lowest BCUT2D eigenvalue weighted by atomic mass is 9.81. The van der Waals surface area contributed by atoms with Crippen molar-refractivity contribution in [1.82, 2.24) is 46.4 Å². The van der Waals surface area contributed by atoms with Crippen LogP contribution in [0.5, 0.6) is 0 Å². The Morgan fingerprint density at radius 2 is 1.38 bits per heavy atom. The largest absolute Gasteiger partial charge is 0.481 e. The molecule has 1 aliphatic carbocycles. The lowest BCUT2D eigenvalue weighted by Gasteiger charge is -2.37. The minimum absolute atomic E-state index is 0.00157. The number of aromatic nitrogens is 2. The van der Waals surface area contributed by atoms with Crippen LogP contribution < -0.4 is 58.1 Å². The van der Waals surface area contributed by atoms with Gasteiger partial charge < -0.3 is 91.2 Å². The van der Waals surface area contributed by atoms with E-state index in [9.17, 15) is 76.2 Å². The number of urea groups is 3. The number of nitrogens with one attached hydrogen (secondary N) is 10. The lowest BCUT2D eigenvalue weighted by molar-refractivity contribution is -0.191. The number of likely N-dealkylation sites (tertiary alicyclic amines) is 1. The number of esters is 2. The molecule has 0 radical (unpaired) electrons. The predicted molar refractivity (Wildman–Crippen MR) is 402 cm³/mol. The highest BCUT2D eigenvalue weighted by molar-refractivity contribution is 7.92. The lowest BCUT2D eigenvalue weighted by Crippen LogP contribution is -2.57. The first-order valence-corrected chi connectivity index (χ1v) is 38.1. The summed E-state index contributed by atoms with van der Waals surface area (Å²) in [7, 11) is -4.20. The molecule has 1 saturated heterocycles. The van der Waals surface area contributed by atoms with Crippen LogP contribution in [0.25, 0.3) is 22.3 Å². The van der Waals surface area contributed by atoms with Crippen LogP contribution in [-0.2, 0) is 97.2 Å². The van der Waals surface area contributed by atoms with Crippen molar-refractivity contribution in [2.45, 2.75) is 153 Å². The Balaban J connectivity index is 0.628. The number of rotatable bonds is 35. The highest BCUT2D eigenvalue weighted by atomic mass is 32.2. The van der Waals surface area contributed by atoms with Gasteiger partial charge in [-0.2, -0.15) is 0 Å². The summed E-state index contributed by atoms with van der Waals surface area (Å²) in [5.41, 5.74) is 1.92. The van der Waals surface area contributed by atoms with Gasteiger partial charge in [0.15, 0.2) is 0 Å². The molecule has 598 valence electrons. The number of carbonyl (C=O) groups excluding carboxylic acids is 9. The number of sulfonamides is 1. The smallest absolute Gasteiger partial charge is 0.355 e. The van der Waals surface area contributed by atoms with Gasteiger partial charge in [0.05, 0.1) is 98.5 Å². The molecule has 5 heterocycles. The third-order valence-electron chi connectivity index (χ3n) is 19.4. The number of nitrogens with zero attached hydrogens (tertiary/aromatic N) is 3. The molecule has 0 spiro atoms. The molecule has 1 fully saturated rings. The van der Waals surface area contributed by atoms with Gasteiger partial charge >= 0.3 is 42.0 Å². The Kier molecular flexibility index (Phi) is 27.3. The van der Waals surface area contributed by atoms with E-state index in [1.807, 2.05) is 6.92 Å². The fourth-order valence-corrected chi connectivity index (χ4v) is 15.0. The molecule has 0 unspecified atom stereocenters. The molecule has 6 atom stereocenters. The zero-order valence-electron chi connectivity index (χ0n) is 62.5. The second-order valence-electron chi connectivity index (χ2n) is 27.6. The van der Waals surface area contributed by atoms with Crippen LogP contribution in [0.15, 0.2) is 94.6 Å². The molecular weight excluding hydrogens is 1480 g/mol. The average Bonchev–Trinajstić information content (AvgIpc) is 1.41. The Bertz CT molecular complexity index is 4810. The summed E-state index contributed by atoms with van der Waals surface area (Å²) in [4.78, 5) is 165. The van der Waals surface area contributed by atoms with E-state index in [2.05, 4.69) is 52.6 Å². The summed E-state index contributed by atoms with van der Waals surface area (Å²) in [5.74, 6) is -8.58. The molecule has 2 aromatic heterocycles. The van der Waals surface area contributed by atoms with Crippen molar-refractivity contribution in [2.75, 3.05) is 79.9 Å². The van der Waals surface area contributed by atoms with Crippen molar-refractivity contribution in [3.8, 4) is 11.4 Å². The number of ether oxygens (including phenoxy) is 5. The van der Waals surface area contributed by atoms with Crippen molar-refractivity contribution in [3.05, 3.63) is 140 Å². The number of fused-ring (bicyclic) bond motifs is 5. The molecule has 4 aromatic carbocycles. The van der Waals surface area contributed by atoms with Gasteiger partial charge in [0, 0.05) is 78.3 Å². The van der Waals surface area contributed by atoms with Crippen molar-refractivity contribution in [2.24, 2.45) is 5.92 Å². The van der Waals surface area contributed by atoms with Gasteiger partial charge in [-0.25, -0.2) is 41.8 Å². The molecule has 10 rings (SSSR count). The number of pyridine rings is 2. The van der Waals surface area contributed by atoms with Gasteiger partial charge in [0.1, 0.15) is 30.5 Å². The fourth-order valence-electron chi connectivity index (χ4n) is 13.9. The zero-order valence-corrected chi connectivity index (χ0v) is 63.3. The third-order valence-corrected chi connectivity index (χ3v) is 20.8. The van der Waals surface area contributed by atoms with Crippen LogP contribution in [0.2, 0.25) is 0 Å². The predicted octanol–water partition coefficient (Wildman–Crippen LogP) is 6.22. The van der Waals surface area contributed by atoms with Gasteiger partial charge in [-0.1, -0.05) is 45.9 Å².